The second-order valence-corrected chi connectivity index (χ2v) is 8.23. The quantitative estimate of drug-likeness (QED) is 0.641. The maximum absolute atomic E-state index is 12.9. The molecule has 2 aromatic rings. The maximum atomic E-state index is 12.9. The van der Waals surface area contributed by atoms with Crippen LogP contribution in [0.15, 0.2) is 42.5 Å². The van der Waals surface area contributed by atoms with Gasteiger partial charge in [0, 0.05) is 44.3 Å². The molecule has 1 fully saturated rings. The highest BCUT2D eigenvalue weighted by Crippen LogP contribution is 2.47. The molecule has 1 saturated heterocycles. The summed E-state index contributed by atoms with van der Waals surface area (Å²) in [6.45, 7) is 0.959. The lowest BCUT2D eigenvalue weighted by atomic mass is 9.82. The minimum atomic E-state index is -0.666. The van der Waals surface area contributed by atoms with Gasteiger partial charge in [-0.25, -0.2) is 0 Å². The largest absolute Gasteiger partial charge is 0.493 e. The molecular weight excluding hydrogens is 410 g/mol. The first-order valence-corrected chi connectivity index (χ1v) is 10.8. The van der Waals surface area contributed by atoms with E-state index in [4.69, 9.17) is 14.2 Å². The highest BCUT2D eigenvalue weighted by atomic mass is 16.5. The zero-order chi connectivity index (χ0) is 22.7. The average molecular weight is 437 g/mol. The van der Waals surface area contributed by atoms with Gasteiger partial charge in [-0.3, -0.25) is 14.4 Å². The lowest BCUT2D eigenvalue weighted by Crippen LogP contribution is -2.52. The second kappa shape index (κ2) is 9.02. The Morgan fingerprint density at radius 2 is 1.72 bits per heavy atom. The van der Waals surface area contributed by atoms with Crippen LogP contribution >= 0.6 is 0 Å². The molecule has 2 aromatic carbocycles. The third kappa shape index (κ3) is 4.20. The van der Waals surface area contributed by atoms with Crippen LogP contribution in [-0.4, -0.2) is 55.3 Å². The highest BCUT2D eigenvalue weighted by molar-refractivity contribution is 6.01. The van der Waals surface area contributed by atoms with Crippen molar-refractivity contribution in [2.75, 3.05) is 27.3 Å². The van der Waals surface area contributed by atoms with Crippen LogP contribution in [0.5, 0.6) is 17.2 Å². The van der Waals surface area contributed by atoms with E-state index in [0.717, 1.165) is 0 Å². The Morgan fingerprint density at radius 1 is 1.00 bits per heavy atom. The van der Waals surface area contributed by atoms with Gasteiger partial charge in [0.25, 0.3) is 0 Å². The van der Waals surface area contributed by atoms with Gasteiger partial charge in [-0.2, -0.15) is 0 Å². The first kappa shape index (κ1) is 21.9. The normalized spacial score (nSPS) is 16.8. The summed E-state index contributed by atoms with van der Waals surface area (Å²) in [5, 5.41) is 0. The number of hydrogen-bond donors (Lipinski definition) is 0. The maximum Gasteiger partial charge on any atom is 0.223 e. The SMILES string of the molecule is COc1ccc2c(c1OC)OC1(CCN(C(=O)CCC(=O)c3ccccc3)CC1)CC2=O. The highest BCUT2D eigenvalue weighted by Gasteiger charge is 2.45. The van der Waals surface area contributed by atoms with Crippen LogP contribution < -0.4 is 14.2 Å². The summed E-state index contributed by atoms with van der Waals surface area (Å²) >= 11 is 0. The van der Waals surface area contributed by atoms with Crippen molar-refractivity contribution in [2.45, 2.75) is 37.7 Å². The van der Waals surface area contributed by atoms with Crippen molar-refractivity contribution in [3.8, 4) is 17.2 Å². The molecule has 0 bridgehead atoms. The van der Waals surface area contributed by atoms with Crippen molar-refractivity contribution in [3.05, 3.63) is 53.6 Å². The Bertz CT molecular complexity index is 1020. The van der Waals surface area contributed by atoms with Crippen LogP contribution in [0, 0.1) is 0 Å². The number of amides is 1. The minimum absolute atomic E-state index is 0.000405. The molecule has 0 aromatic heterocycles. The van der Waals surface area contributed by atoms with Crippen molar-refractivity contribution in [1.82, 2.24) is 4.90 Å². The van der Waals surface area contributed by atoms with E-state index < -0.39 is 5.60 Å². The number of benzene rings is 2. The summed E-state index contributed by atoms with van der Waals surface area (Å²) in [6, 6.07) is 12.4. The molecule has 2 aliphatic heterocycles. The third-order valence-corrected chi connectivity index (χ3v) is 6.29. The number of ketones is 2. The molecule has 2 heterocycles. The Morgan fingerprint density at radius 3 is 2.38 bits per heavy atom. The topological polar surface area (TPSA) is 82.1 Å². The number of methoxy groups -OCH3 is 2. The summed E-state index contributed by atoms with van der Waals surface area (Å²) in [7, 11) is 3.06. The molecule has 0 aliphatic carbocycles. The molecule has 7 nitrogen and oxygen atoms in total. The van der Waals surface area contributed by atoms with Crippen LogP contribution in [0.4, 0.5) is 0 Å². The second-order valence-electron chi connectivity index (χ2n) is 8.23. The zero-order valence-corrected chi connectivity index (χ0v) is 18.4. The summed E-state index contributed by atoms with van der Waals surface area (Å²) in [4.78, 5) is 39.6. The van der Waals surface area contributed by atoms with Gasteiger partial charge in [-0.1, -0.05) is 30.3 Å². The summed E-state index contributed by atoms with van der Waals surface area (Å²) in [6.07, 6.45) is 1.70. The summed E-state index contributed by atoms with van der Waals surface area (Å²) < 4.78 is 17.2. The molecule has 0 unspecified atom stereocenters. The van der Waals surface area contributed by atoms with E-state index in [0.29, 0.717) is 54.3 Å². The molecule has 1 spiro atoms. The van der Waals surface area contributed by atoms with E-state index in [1.807, 2.05) is 18.2 Å². The number of rotatable bonds is 6. The van der Waals surface area contributed by atoms with Gasteiger partial charge >= 0.3 is 0 Å². The predicted molar refractivity (Wildman–Crippen MR) is 118 cm³/mol. The van der Waals surface area contributed by atoms with Gasteiger partial charge in [-0.05, 0) is 12.1 Å². The average Bonchev–Trinajstić information content (AvgIpc) is 2.82. The molecule has 0 N–H and O–H groups in total. The molecule has 4 rings (SSSR count). The van der Waals surface area contributed by atoms with Crippen LogP contribution in [-0.2, 0) is 4.79 Å². The Labute approximate surface area is 187 Å². The summed E-state index contributed by atoms with van der Waals surface area (Å²) in [5.41, 5.74) is 0.446. The Kier molecular flexibility index (Phi) is 6.17. The number of ether oxygens (including phenoxy) is 3. The molecule has 0 saturated carbocycles. The van der Waals surface area contributed by atoms with Gasteiger partial charge in [0.1, 0.15) is 5.60 Å². The van der Waals surface area contributed by atoms with E-state index in [1.54, 1.807) is 29.2 Å². The van der Waals surface area contributed by atoms with Gasteiger partial charge in [0.2, 0.25) is 11.7 Å². The van der Waals surface area contributed by atoms with Gasteiger partial charge in [0.05, 0.1) is 26.2 Å². The monoisotopic (exact) mass is 437 g/mol. The van der Waals surface area contributed by atoms with Gasteiger partial charge in [0.15, 0.2) is 23.1 Å². The minimum Gasteiger partial charge on any atom is -0.493 e. The lowest BCUT2D eigenvalue weighted by molar-refractivity contribution is -0.134. The van der Waals surface area contributed by atoms with Crippen LogP contribution in [0.2, 0.25) is 0 Å². The number of likely N-dealkylation sites (tertiary alicyclic amines) is 1. The van der Waals surface area contributed by atoms with E-state index >= 15 is 0 Å². The van der Waals surface area contributed by atoms with Crippen molar-refractivity contribution in [1.29, 1.82) is 0 Å². The molecule has 0 radical (unpaired) electrons. The molecular formula is C25H27NO6. The lowest BCUT2D eigenvalue weighted by Gasteiger charge is -2.44. The smallest absolute Gasteiger partial charge is 0.223 e. The van der Waals surface area contributed by atoms with E-state index in [9.17, 15) is 14.4 Å². The number of piperidine rings is 1. The van der Waals surface area contributed by atoms with Gasteiger partial charge in [-0.15, -0.1) is 0 Å². The van der Waals surface area contributed by atoms with Crippen LogP contribution in [0.25, 0.3) is 0 Å². The van der Waals surface area contributed by atoms with E-state index in [-0.39, 0.29) is 36.7 Å². The van der Waals surface area contributed by atoms with Crippen LogP contribution in [0.3, 0.4) is 0 Å². The Balaban J connectivity index is 1.39. The van der Waals surface area contributed by atoms with Gasteiger partial charge < -0.3 is 19.1 Å². The number of carbonyl (C=O) groups is 3. The fourth-order valence-corrected chi connectivity index (χ4v) is 4.45. The predicted octanol–water partition coefficient (Wildman–Crippen LogP) is 3.69. The van der Waals surface area contributed by atoms with E-state index in [1.165, 1.54) is 14.2 Å². The fraction of sp³-hybridized carbons (Fsp3) is 0.400. The van der Waals surface area contributed by atoms with Crippen molar-refractivity contribution >= 4 is 17.5 Å². The van der Waals surface area contributed by atoms with Crippen molar-refractivity contribution in [3.63, 3.8) is 0 Å². The molecule has 32 heavy (non-hydrogen) atoms. The van der Waals surface area contributed by atoms with Crippen molar-refractivity contribution < 1.29 is 28.6 Å². The molecule has 7 heteroatoms. The zero-order valence-electron chi connectivity index (χ0n) is 18.4. The first-order valence-electron chi connectivity index (χ1n) is 10.8. The Hall–Kier alpha value is -3.35. The number of hydrogen-bond acceptors (Lipinski definition) is 6. The number of carbonyl (C=O) groups excluding carboxylic acids is 3. The van der Waals surface area contributed by atoms with Crippen LogP contribution in [0.1, 0.15) is 52.8 Å². The molecule has 1 amide bonds. The number of Topliss-reactive ketones (excluding diaryl/α,β-unsaturated/α-hetero) is 2. The van der Waals surface area contributed by atoms with E-state index in [2.05, 4.69) is 0 Å². The number of nitrogens with zero attached hydrogens (tertiary/aromatic N) is 1. The summed E-state index contributed by atoms with van der Waals surface area (Å²) in [5.74, 6) is 1.25. The first-order chi connectivity index (χ1) is 15.5. The molecule has 0 atom stereocenters. The molecule has 2 aliphatic rings. The number of fused-ring (bicyclic) bond motifs is 1. The standard InChI is InChI=1S/C25H27NO6/c1-30-21-10-8-18-20(28)16-25(32-23(18)24(21)31-2)12-14-26(15-13-25)22(29)11-9-19(27)17-6-4-3-5-7-17/h3-8,10H,9,11-16H2,1-2H3. The molecule has 168 valence electrons. The fourth-order valence-electron chi connectivity index (χ4n) is 4.45. The third-order valence-electron chi connectivity index (χ3n) is 6.29. The van der Waals surface area contributed by atoms with Crippen molar-refractivity contribution in [2.24, 2.45) is 0 Å².